The van der Waals surface area contributed by atoms with Gasteiger partial charge < -0.3 is 15.2 Å². The van der Waals surface area contributed by atoms with Crippen LogP contribution in [0.4, 0.5) is 0 Å². The zero-order valence-corrected chi connectivity index (χ0v) is 9.19. The lowest BCUT2D eigenvalue weighted by molar-refractivity contribution is 0.0600. The molecule has 0 atom stereocenters. The maximum atomic E-state index is 11.3. The number of nitrogens with two attached hydrogens (primary N) is 1. The standard InChI is InChI=1S/C12H10N2O3/c1-16-12(15)7-2-3-10-8(4-7)5-9(6-13)11(14)17-10/h2-4H,5,14H2,1H3. The van der Waals surface area contributed by atoms with Crippen LogP contribution in [0.2, 0.25) is 0 Å². The molecule has 0 amide bonds. The van der Waals surface area contributed by atoms with Crippen molar-refractivity contribution in [1.82, 2.24) is 0 Å². The van der Waals surface area contributed by atoms with Gasteiger partial charge >= 0.3 is 5.97 Å². The number of nitrogens with zero attached hydrogens (tertiary/aromatic N) is 1. The van der Waals surface area contributed by atoms with E-state index >= 15 is 0 Å². The monoisotopic (exact) mass is 230 g/mol. The number of hydrogen-bond acceptors (Lipinski definition) is 5. The fourth-order valence-electron chi connectivity index (χ4n) is 1.61. The second-order valence-electron chi connectivity index (χ2n) is 3.55. The molecule has 0 radical (unpaired) electrons. The van der Waals surface area contributed by atoms with Crippen LogP contribution in [0.25, 0.3) is 0 Å². The molecular formula is C12H10N2O3. The van der Waals surface area contributed by atoms with Crippen LogP contribution in [0.1, 0.15) is 15.9 Å². The van der Waals surface area contributed by atoms with E-state index in [0.29, 0.717) is 23.3 Å². The third-order valence-corrected chi connectivity index (χ3v) is 2.50. The van der Waals surface area contributed by atoms with E-state index in [1.54, 1.807) is 18.2 Å². The molecule has 0 unspecified atom stereocenters. The molecule has 86 valence electrons. The molecule has 0 spiro atoms. The van der Waals surface area contributed by atoms with Crippen molar-refractivity contribution in [2.24, 2.45) is 5.73 Å². The van der Waals surface area contributed by atoms with E-state index in [4.69, 9.17) is 15.7 Å². The number of allylic oxidation sites excluding steroid dienone is 1. The molecule has 2 rings (SSSR count). The van der Waals surface area contributed by atoms with Crippen molar-refractivity contribution in [2.45, 2.75) is 6.42 Å². The van der Waals surface area contributed by atoms with Crippen LogP contribution in [0.3, 0.4) is 0 Å². The zero-order valence-electron chi connectivity index (χ0n) is 9.19. The summed E-state index contributed by atoms with van der Waals surface area (Å²) in [5.74, 6) is 0.258. The minimum atomic E-state index is -0.422. The van der Waals surface area contributed by atoms with Crippen molar-refractivity contribution in [3.8, 4) is 11.8 Å². The van der Waals surface area contributed by atoms with E-state index in [2.05, 4.69) is 4.74 Å². The minimum Gasteiger partial charge on any atom is -0.465 e. The summed E-state index contributed by atoms with van der Waals surface area (Å²) in [6.07, 6.45) is 0.364. The summed E-state index contributed by atoms with van der Waals surface area (Å²) in [4.78, 5) is 11.3. The quantitative estimate of drug-likeness (QED) is 0.730. The van der Waals surface area contributed by atoms with E-state index in [1.807, 2.05) is 6.07 Å². The topological polar surface area (TPSA) is 85.3 Å². The molecule has 0 aliphatic carbocycles. The van der Waals surface area contributed by atoms with Crippen molar-refractivity contribution in [3.63, 3.8) is 0 Å². The Morgan fingerprint density at radius 1 is 1.59 bits per heavy atom. The molecule has 0 saturated carbocycles. The number of fused-ring (bicyclic) bond motifs is 1. The molecule has 5 nitrogen and oxygen atoms in total. The summed E-state index contributed by atoms with van der Waals surface area (Å²) in [5.41, 5.74) is 7.10. The van der Waals surface area contributed by atoms with Gasteiger partial charge in [0, 0.05) is 12.0 Å². The first kappa shape index (κ1) is 11.0. The van der Waals surface area contributed by atoms with Crippen molar-refractivity contribution < 1.29 is 14.3 Å². The fraction of sp³-hybridized carbons (Fsp3) is 0.167. The second kappa shape index (κ2) is 4.18. The van der Waals surface area contributed by atoms with Gasteiger partial charge in [-0.05, 0) is 18.2 Å². The van der Waals surface area contributed by atoms with Gasteiger partial charge in [-0.2, -0.15) is 5.26 Å². The highest BCUT2D eigenvalue weighted by Gasteiger charge is 2.19. The molecule has 1 aliphatic rings. The second-order valence-corrected chi connectivity index (χ2v) is 3.55. The number of carbonyl (C=O) groups excluding carboxylic acids is 1. The highest BCUT2D eigenvalue weighted by atomic mass is 16.5. The van der Waals surface area contributed by atoms with Gasteiger partial charge in [0.2, 0.25) is 5.88 Å². The maximum Gasteiger partial charge on any atom is 0.337 e. The molecule has 0 saturated heterocycles. The molecule has 1 aromatic rings. The minimum absolute atomic E-state index is 0.116. The zero-order chi connectivity index (χ0) is 12.4. The highest BCUT2D eigenvalue weighted by Crippen LogP contribution is 2.29. The summed E-state index contributed by atoms with van der Waals surface area (Å²) in [6.45, 7) is 0. The van der Waals surface area contributed by atoms with Crippen LogP contribution in [0.5, 0.6) is 5.75 Å². The van der Waals surface area contributed by atoms with E-state index in [1.165, 1.54) is 7.11 Å². The summed E-state index contributed by atoms with van der Waals surface area (Å²) >= 11 is 0. The van der Waals surface area contributed by atoms with Gasteiger partial charge in [0.15, 0.2) is 0 Å². The van der Waals surface area contributed by atoms with E-state index in [-0.39, 0.29) is 5.88 Å². The molecule has 5 heteroatoms. The van der Waals surface area contributed by atoms with Gasteiger partial charge in [-0.3, -0.25) is 0 Å². The maximum absolute atomic E-state index is 11.3. The van der Waals surface area contributed by atoms with Crippen LogP contribution in [0, 0.1) is 11.3 Å². The van der Waals surface area contributed by atoms with Gasteiger partial charge in [0.25, 0.3) is 0 Å². The van der Waals surface area contributed by atoms with Gasteiger partial charge in [0.05, 0.1) is 18.2 Å². The SMILES string of the molecule is COC(=O)c1ccc2c(c1)CC(C#N)=C(N)O2. The molecule has 1 aliphatic heterocycles. The van der Waals surface area contributed by atoms with Gasteiger partial charge in [0.1, 0.15) is 11.8 Å². The Kier molecular flexibility index (Phi) is 2.71. The number of ether oxygens (including phenoxy) is 2. The third-order valence-electron chi connectivity index (χ3n) is 2.50. The lowest BCUT2D eigenvalue weighted by Gasteiger charge is -2.18. The Morgan fingerprint density at radius 2 is 2.35 bits per heavy atom. The molecule has 1 aromatic carbocycles. The van der Waals surface area contributed by atoms with Crippen molar-refractivity contribution >= 4 is 5.97 Å². The Labute approximate surface area is 98.0 Å². The van der Waals surface area contributed by atoms with Gasteiger partial charge in [-0.25, -0.2) is 4.79 Å². The number of nitriles is 1. The summed E-state index contributed by atoms with van der Waals surface area (Å²) in [7, 11) is 1.32. The molecule has 0 aromatic heterocycles. The first-order chi connectivity index (χ1) is 8.15. The van der Waals surface area contributed by atoms with Gasteiger partial charge in [-0.15, -0.1) is 0 Å². The van der Waals surface area contributed by atoms with Crippen LogP contribution in [-0.2, 0) is 11.2 Å². The van der Waals surface area contributed by atoms with Crippen LogP contribution < -0.4 is 10.5 Å². The smallest absolute Gasteiger partial charge is 0.337 e. The van der Waals surface area contributed by atoms with Crippen LogP contribution >= 0.6 is 0 Å². The van der Waals surface area contributed by atoms with E-state index in [0.717, 1.165) is 5.56 Å². The lowest BCUT2D eigenvalue weighted by Crippen LogP contribution is -2.16. The average Bonchev–Trinajstić information content (AvgIpc) is 2.36. The number of hydrogen-bond donors (Lipinski definition) is 1. The van der Waals surface area contributed by atoms with E-state index < -0.39 is 5.97 Å². The highest BCUT2D eigenvalue weighted by molar-refractivity contribution is 5.89. The number of carbonyl (C=O) groups is 1. The van der Waals surface area contributed by atoms with Crippen LogP contribution in [-0.4, -0.2) is 13.1 Å². The predicted molar refractivity (Wildman–Crippen MR) is 58.9 cm³/mol. The Balaban J connectivity index is 2.39. The summed E-state index contributed by atoms with van der Waals surface area (Å²) < 4.78 is 9.91. The molecule has 0 bridgehead atoms. The van der Waals surface area contributed by atoms with Crippen molar-refractivity contribution in [1.29, 1.82) is 5.26 Å². The number of benzene rings is 1. The summed E-state index contributed by atoms with van der Waals surface area (Å²) in [6, 6.07) is 6.85. The van der Waals surface area contributed by atoms with Crippen molar-refractivity contribution in [3.05, 3.63) is 40.8 Å². The van der Waals surface area contributed by atoms with Crippen LogP contribution in [0.15, 0.2) is 29.7 Å². The normalized spacial score (nSPS) is 13.4. The molecular weight excluding hydrogens is 220 g/mol. The Bertz CT molecular complexity index is 555. The van der Waals surface area contributed by atoms with Crippen molar-refractivity contribution in [2.75, 3.05) is 7.11 Å². The largest absolute Gasteiger partial charge is 0.465 e. The van der Waals surface area contributed by atoms with E-state index in [9.17, 15) is 4.79 Å². The summed E-state index contributed by atoms with van der Waals surface area (Å²) in [5, 5.41) is 8.85. The predicted octanol–water partition coefficient (Wildman–Crippen LogP) is 1.10. The first-order valence-corrected chi connectivity index (χ1v) is 4.93. The fourth-order valence-corrected chi connectivity index (χ4v) is 1.61. The Morgan fingerprint density at radius 3 is 3.00 bits per heavy atom. The number of esters is 1. The Hall–Kier alpha value is -2.48. The third kappa shape index (κ3) is 1.93. The number of rotatable bonds is 1. The molecule has 2 N–H and O–H groups in total. The molecule has 1 heterocycles. The molecule has 0 fully saturated rings. The average molecular weight is 230 g/mol. The molecule has 17 heavy (non-hydrogen) atoms. The lowest BCUT2D eigenvalue weighted by atomic mass is 10.0. The first-order valence-electron chi connectivity index (χ1n) is 4.93. The van der Waals surface area contributed by atoms with Gasteiger partial charge in [-0.1, -0.05) is 0 Å². The number of methoxy groups -OCH3 is 1.